The molecule has 0 radical (unpaired) electrons. The van der Waals surface area contributed by atoms with Gasteiger partial charge in [0.15, 0.2) is 23.7 Å². The summed E-state index contributed by atoms with van der Waals surface area (Å²) in [6.45, 7) is 12.6. The second-order valence-electron chi connectivity index (χ2n) is 16.5. The molecular weight excluding hydrogens is 788 g/mol. The van der Waals surface area contributed by atoms with Crippen molar-refractivity contribution in [1.82, 2.24) is 30.0 Å². The Morgan fingerprint density at radius 3 is 1.72 bits per heavy atom. The number of hydrogen-bond donors (Lipinski definition) is 2. The Hall–Kier alpha value is -5.60. The topological polar surface area (TPSA) is 204 Å². The van der Waals surface area contributed by atoms with Crippen molar-refractivity contribution < 1.29 is 28.5 Å². The number of rotatable bonds is 6. The minimum absolute atomic E-state index is 0. The summed E-state index contributed by atoms with van der Waals surface area (Å²) in [7, 11) is 0. The van der Waals surface area contributed by atoms with Crippen LogP contribution in [0.15, 0.2) is 85.2 Å². The molecule has 6 aliphatic rings. The molecule has 4 fully saturated rings. The van der Waals surface area contributed by atoms with Crippen molar-refractivity contribution in [2.45, 2.75) is 88.7 Å². The van der Waals surface area contributed by atoms with Crippen LogP contribution in [0.5, 0.6) is 23.3 Å². The molecule has 4 saturated heterocycles. The highest BCUT2D eigenvalue weighted by molar-refractivity contribution is 5.85. The number of pyridine rings is 2. The van der Waals surface area contributed by atoms with E-state index in [1.807, 2.05) is 49.9 Å². The zero-order chi connectivity index (χ0) is 41.5. The van der Waals surface area contributed by atoms with Crippen LogP contribution in [0.4, 0.5) is 4.79 Å². The first-order valence-corrected chi connectivity index (χ1v) is 20.0. The van der Waals surface area contributed by atoms with Crippen molar-refractivity contribution in [2.24, 2.45) is 0 Å². The molecule has 2 aromatic carbocycles. The number of likely N-dealkylation sites (tertiary alicyclic amines) is 3. The van der Waals surface area contributed by atoms with Crippen molar-refractivity contribution in [1.29, 1.82) is 16.3 Å². The van der Waals surface area contributed by atoms with Gasteiger partial charge >= 0.3 is 6.09 Å². The van der Waals surface area contributed by atoms with Crippen LogP contribution < -0.4 is 24.3 Å². The third-order valence-electron chi connectivity index (χ3n) is 11.4. The molecule has 8 heterocycles. The number of fused-ring (bicyclic) bond motifs is 6. The minimum atomic E-state index is -0.453. The van der Waals surface area contributed by atoms with Crippen LogP contribution in [0.2, 0.25) is 0 Å². The van der Waals surface area contributed by atoms with Gasteiger partial charge in [0, 0.05) is 86.6 Å². The van der Waals surface area contributed by atoms with Crippen LogP contribution in [0, 0.1) is 16.3 Å². The lowest BCUT2D eigenvalue weighted by Gasteiger charge is -2.35. The third-order valence-corrected chi connectivity index (χ3v) is 11.4. The maximum absolute atomic E-state index is 12.4. The summed E-state index contributed by atoms with van der Waals surface area (Å²) < 4.78 is 29.1. The summed E-state index contributed by atoms with van der Waals surface area (Å²) >= 11 is 0. The Balaban J connectivity index is 0.000000187. The number of aromatic nitrogens is 2. The molecular formula is C43H52ClN10O6-. The molecule has 1 amide bonds. The van der Waals surface area contributed by atoms with Gasteiger partial charge < -0.3 is 45.0 Å². The lowest BCUT2D eigenvalue weighted by atomic mass is 10.1. The fourth-order valence-corrected chi connectivity index (χ4v) is 8.62. The quantitative estimate of drug-likeness (QED) is 0.149. The number of nitrogens with one attached hydrogen (secondary N) is 2. The van der Waals surface area contributed by atoms with E-state index in [0.717, 1.165) is 56.0 Å². The Labute approximate surface area is 356 Å². The van der Waals surface area contributed by atoms with Gasteiger partial charge in [-0.3, -0.25) is 9.80 Å². The third kappa shape index (κ3) is 10.2. The highest BCUT2D eigenvalue weighted by atomic mass is 35.5. The molecule has 10 rings (SSSR count). The van der Waals surface area contributed by atoms with Gasteiger partial charge in [0.05, 0.1) is 0 Å². The maximum Gasteiger partial charge on any atom is 0.410 e. The van der Waals surface area contributed by atoms with Gasteiger partial charge in [0.2, 0.25) is 0 Å². The molecule has 2 N–H and O–H groups in total. The number of amides is 1. The average molecular weight is 840 g/mol. The lowest BCUT2D eigenvalue weighted by Crippen LogP contribution is -2.49. The molecule has 0 unspecified atom stereocenters. The Bertz CT molecular complexity index is 2050. The molecule has 6 atom stereocenters. The van der Waals surface area contributed by atoms with Gasteiger partial charge in [-0.05, 0) is 80.1 Å². The molecule has 0 spiro atoms. The van der Waals surface area contributed by atoms with Gasteiger partial charge in [-0.25, -0.2) is 14.8 Å². The summed E-state index contributed by atoms with van der Waals surface area (Å²) in [4.78, 5) is 27.9. The minimum Gasteiger partial charge on any atom is -0.715 e. The van der Waals surface area contributed by atoms with E-state index in [4.69, 9.17) is 45.5 Å². The van der Waals surface area contributed by atoms with E-state index in [1.54, 1.807) is 12.4 Å². The molecule has 2 aromatic heterocycles. The number of carbonyl (C=O) groups is 1. The summed E-state index contributed by atoms with van der Waals surface area (Å²) in [6.07, 6.45) is 5.34. The summed E-state index contributed by atoms with van der Waals surface area (Å²) in [5.74, 6) is 2.55. The predicted molar refractivity (Wildman–Crippen MR) is 222 cm³/mol. The van der Waals surface area contributed by atoms with Crippen LogP contribution in [0.1, 0.15) is 68.1 Å². The van der Waals surface area contributed by atoms with E-state index < -0.39 is 5.60 Å². The van der Waals surface area contributed by atoms with Crippen LogP contribution in [-0.2, 0) is 17.8 Å². The molecule has 16 nitrogen and oxygen atoms in total. The first-order valence-electron chi connectivity index (χ1n) is 20.0. The van der Waals surface area contributed by atoms with Crippen molar-refractivity contribution in [3.05, 3.63) is 113 Å². The fourth-order valence-electron chi connectivity index (χ4n) is 8.62. The lowest BCUT2D eigenvalue weighted by molar-refractivity contribution is 0.0124. The molecule has 0 aliphatic carbocycles. The Morgan fingerprint density at radius 1 is 0.767 bits per heavy atom. The number of carbonyl (C=O) groups excluding carboxylic acids is 1. The van der Waals surface area contributed by atoms with Gasteiger partial charge in [0.1, 0.15) is 18.8 Å². The zero-order valence-electron chi connectivity index (χ0n) is 34.1. The molecule has 0 saturated carbocycles. The maximum atomic E-state index is 12.4. The van der Waals surface area contributed by atoms with Gasteiger partial charge in [-0.1, -0.05) is 48.5 Å². The highest BCUT2D eigenvalue weighted by Gasteiger charge is 2.46. The van der Waals surface area contributed by atoms with E-state index in [-0.39, 0.29) is 36.8 Å². The smallest absolute Gasteiger partial charge is 0.410 e. The SMILES string of the molecule is CC(C)(C)OC(=O)N1C[C@@H]2C[C@H]1CN2Cc1ccc([C@H]2COc3cccnc3O2)cc1.Cl.N#N.[N-]=N.c1cnc2c(c1)OC[C@H](c1ccc(CN3C[C@@H]4C[C@H]3CN4)cc1)O2. The summed E-state index contributed by atoms with van der Waals surface area (Å²) in [6, 6.07) is 26.8. The number of halogens is 1. The van der Waals surface area contributed by atoms with Crippen molar-refractivity contribution in [2.75, 3.05) is 39.4 Å². The second kappa shape index (κ2) is 19.6. The van der Waals surface area contributed by atoms with E-state index in [2.05, 4.69) is 73.6 Å². The van der Waals surface area contributed by atoms with Crippen molar-refractivity contribution in [3.63, 3.8) is 0 Å². The molecule has 318 valence electrons. The average Bonchev–Trinajstić information content (AvgIpc) is 4.09. The summed E-state index contributed by atoms with van der Waals surface area (Å²) in [5, 5.41) is 15.6. The van der Waals surface area contributed by atoms with E-state index in [0.29, 0.717) is 48.8 Å². The van der Waals surface area contributed by atoms with Crippen LogP contribution in [-0.4, -0.2) is 99.9 Å². The number of ether oxygens (including phenoxy) is 5. The molecule has 60 heavy (non-hydrogen) atoms. The number of piperazine rings is 2. The number of nitrogens with zero attached hydrogens (tertiary/aromatic N) is 8. The summed E-state index contributed by atoms with van der Waals surface area (Å²) in [5.41, 5.74) is 15.4. The fraction of sp³-hybridized carbons (Fsp3) is 0.465. The first-order chi connectivity index (χ1) is 28.7. The first kappa shape index (κ1) is 44.0. The van der Waals surface area contributed by atoms with Crippen LogP contribution in [0.25, 0.3) is 5.53 Å². The van der Waals surface area contributed by atoms with Crippen LogP contribution >= 0.6 is 12.4 Å². The second-order valence-corrected chi connectivity index (χ2v) is 16.5. The monoisotopic (exact) mass is 839 g/mol. The van der Waals surface area contributed by atoms with E-state index in [1.165, 1.54) is 24.1 Å². The molecule has 6 aliphatic heterocycles. The predicted octanol–water partition coefficient (Wildman–Crippen LogP) is 6.97. The van der Waals surface area contributed by atoms with Crippen LogP contribution in [0.3, 0.4) is 0 Å². The van der Waals surface area contributed by atoms with Gasteiger partial charge in [0.25, 0.3) is 11.8 Å². The van der Waals surface area contributed by atoms with Crippen molar-refractivity contribution in [3.8, 4) is 23.3 Å². The van der Waals surface area contributed by atoms with E-state index >= 15 is 0 Å². The molecule has 17 heteroatoms. The number of benzene rings is 2. The normalized spacial score (nSPS) is 24.3. The molecule has 4 aromatic rings. The molecule has 4 bridgehead atoms. The van der Waals surface area contributed by atoms with E-state index in [9.17, 15) is 4.79 Å². The Kier molecular flexibility index (Phi) is 14.4. The Morgan fingerprint density at radius 2 is 1.28 bits per heavy atom. The number of hydrogen-bond acceptors (Lipinski definition) is 14. The standard InChI is InChI=1S/C24H29N3O4.C19H21N3O2.ClH.HN2.N2/c1-24(2,3)31-23(28)27-14-18-11-19(27)13-26(18)12-16-6-8-17(9-7-16)21-15-29-20-5-4-10-25-22(20)30-21;1-2-17-19(20-7-1)24-18(12-23-17)14-5-3-13(4-6-14)10-22-11-15-8-16(22)9-21-15;;2*1-2/h4-10,18-19,21H,11-15H2,1-3H3;1-7,15-16,18,21H,8-12H2;1H;1H;/q;;;-1;/t18-,19-,21+;15-,16-,18+;;;/m00.../s1. The van der Waals surface area contributed by atoms with Gasteiger partial charge in [-0.15, -0.1) is 12.4 Å². The van der Waals surface area contributed by atoms with Gasteiger partial charge in [-0.2, -0.15) is 0 Å². The zero-order valence-corrected chi connectivity index (χ0v) is 34.9. The highest BCUT2D eigenvalue weighted by Crippen LogP contribution is 2.37. The largest absolute Gasteiger partial charge is 0.715 e. The van der Waals surface area contributed by atoms with Crippen molar-refractivity contribution >= 4 is 18.5 Å².